The summed E-state index contributed by atoms with van der Waals surface area (Å²) < 4.78 is 16.5. The lowest BCUT2D eigenvalue weighted by atomic mass is 10.1. The average Bonchev–Trinajstić information content (AvgIpc) is 3.01. The fourth-order valence-corrected chi connectivity index (χ4v) is 4.07. The highest BCUT2D eigenvalue weighted by molar-refractivity contribution is 14.1. The maximum atomic E-state index is 13.3. The van der Waals surface area contributed by atoms with Crippen molar-refractivity contribution in [3.8, 4) is 5.69 Å². The molecular formula is C24H19FIN3O3. The summed E-state index contributed by atoms with van der Waals surface area (Å²) in [6, 6.07) is 12.0. The van der Waals surface area contributed by atoms with E-state index in [0.29, 0.717) is 5.56 Å². The number of amides is 4. The van der Waals surface area contributed by atoms with Crippen LogP contribution in [0.3, 0.4) is 0 Å². The standard InChI is InChI=1S/C24H19FIN3O3/c1-13-10-19(8-9-21(13)26)28-14(2)11-16(15(28)3)12-20-22(30)27-24(32)29(23(20)31)18-6-4-17(25)5-7-18/h4-12H,1-3H3,(H,27,30,32)/b20-12-. The first kappa shape index (κ1) is 21.9. The van der Waals surface area contributed by atoms with E-state index in [0.717, 1.165) is 43.2 Å². The Balaban J connectivity index is 1.76. The Kier molecular flexibility index (Phi) is 5.72. The van der Waals surface area contributed by atoms with Crippen molar-refractivity contribution in [2.75, 3.05) is 4.90 Å². The molecule has 2 heterocycles. The largest absolute Gasteiger partial charge is 0.335 e. The summed E-state index contributed by atoms with van der Waals surface area (Å²) in [6.07, 6.45) is 1.49. The van der Waals surface area contributed by atoms with Crippen molar-refractivity contribution in [1.82, 2.24) is 9.88 Å². The van der Waals surface area contributed by atoms with Crippen molar-refractivity contribution in [1.29, 1.82) is 0 Å². The number of halogens is 2. The van der Waals surface area contributed by atoms with Crippen LogP contribution < -0.4 is 10.2 Å². The molecule has 1 aromatic heterocycles. The van der Waals surface area contributed by atoms with E-state index in [9.17, 15) is 18.8 Å². The minimum Gasteiger partial charge on any atom is -0.318 e. The van der Waals surface area contributed by atoms with Crippen LogP contribution in [0.1, 0.15) is 22.5 Å². The fraction of sp³-hybridized carbons (Fsp3) is 0.125. The Labute approximate surface area is 197 Å². The Morgan fingerprint density at radius 1 is 0.938 bits per heavy atom. The fourth-order valence-electron chi connectivity index (χ4n) is 3.74. The van der Waals surface area contributed by atoms with Crippen LogP contribution in [0, 0.1) is 30.2 Å². The summed E-state index contributed by atoms with van der Waals surface area (Å²) in [7, 11) is 0. The second-order valence-electron chi connectivity index (χ2n) is 7.53. The van der Waals surface area contributed by atoms with E-state index in [1.165, 1.54) is 18.2 Å². The normalized spacial score (nSPS) is 15.5. The number of benzene rings is 2. The first-order valence-corrected chi connectivity index (χ1v) is 10.9. The molecule has 162 valence electrons. The SMILES string of the molecule is Cc1cc(-n2c(C)cc(/C=C3/C(=O)NC(=O)N(c4ccc(F)cc4)C3=O)c2C)ccc1I. The van der Waals surface area contributed by atoms with Gasteiger partial charge in [0.25, 0.3) is 11.8 Å². The zero-order chi connectivity index (χ0) is 23.2. The van der Waals surface area contributed by atoms with Crippen LogP contribution in [0.5, 0.6) is 0 Å². The molecule has 0 saturated carbocycles. The number of carbonyl (C=O) groups excluding carboxylic acids is 3. The summed E-state index contributed by atoms with van der Waals surface area (Å²) in [4.78, 5) is 38.7. The number of imide groups is 2. The van der Waals surface area contributed by atoms with Crippen LogP contribution in [0.25, 0.3) is 11.8 Å². The minimum absolute atomic E-state index is 0.173. The van der Waals surface area contributed by atoms with Gasteiger partial charge in [-0.05, 0) is 109 Å². The number of nitrogens with one attached hydrogen (secondary N) is 1. The highest BCUT2D eigenvalue weighted by Crippen LogP contribution is 2.27. The van der Waals surface area contributed by atoms with E-state index in [-0.39, 0.29) is 11.3 Å². The molecule has 1 N–H and O–H groups in total. The van der Waals surface area contributed by atoms with Gasteiger partial charge < -0.3 is 4.57 Å². The van der Waals surface area contributed by atoms with Crippen LogP contribution in [0.2, 0.25) is 0 Å². The van der Waals surface area contributed by atoms with Crippen LogP contribution in [-0.4, -0.2) is 22.4 Å². The number of hydrogen-bond acceptors (Lipinski definition) is 3. The van der Waals surface area contributed by atoms with Gasteiger partial charge in [0.15, 0.2) is 0 Å². The van der Waals surface area contributed by atoms with E-state index >= 15 is 0 Å². The maximum absolute atomic E-state index is 13.3. The Hall–Kier alpha value is -3.27. The Bertz CT molecular complexity index is 1310. The van der Waals surface area contributed by atoms with Gasteiger partial charge >= 0.3 is 6.03 Å². The lowest BCUT2D eigenvalue weighted by Gasteiger charge is -2.26. The molecule has 32 heavy (non-hydrogen) atoms. The molecule has 2 aromatic carbocycles. The number of carbonyl (C=O) groups is 3. The molecule has 4 rings (SSSR count). The van der Waals surface area contributed by atoms with Gasteiger partial charge in [-0.1, -0.05) is 0 Å². The molecule has 0 spiro atoms. The average molecular weight is 543 g/mol. The number of anilines is 1. The number of barbiturate groups is 1. The molecule has 4 amide bonds. The van der Waals surface area contributed by atoms with Gasteiger partial charge in [0.2, 0.25) is 0 Å². The smallest absolute Gasteiger partial charge is 0.318 e. The Morgan fingerprint density at radius 3 is 2.25 bits per heavy atom. The van der Waals surface area contributed by atoms with Crippen LogP contribution in [-0.2, 0) is 9.59 Å². The summed E-state index contributed by atoms with van der Waals surface area (Å²) >= 11 is 2.28. The molecule has 0 bridgehead atoms. The molecule has 0 radical (unpaired) electrons. The van der Waals surface area contributed by atoms with E-state index < -0.39 is 23.7 Å². The number of aromatic nitrogens is 1. The lowest BCUT2D eigenvalue weighted by molar-refractivity contribution is -0.122. The molecule has 0 unspecified atom stereocenters. The molecule has 0 atom stereocenters. The highest BCUT2D eigenvalue weighted by Gasteiger charge is 2.37. The van der Waals surface area contributed by atoms with Gasteiger partial charge in [-0.3, -0.25) is 14.9 Å². The van der Waals surface area contributed by atoms with Crippen molar-refractivity contribution < 1.29 is 18.8 Å². The molecule has 0 aliphatic carbocycles. The van der Waals surface area contributed by atoms with E-state index in [2.05, 4.69) is 34.0 Å². The van der Waals surface area contributed by atoms with Gasteiger partial charge in [0.1, 0.15) is 11.4 Å². The van der Waals surface area contributed by atoms with Crippen molar-refractivity contribution in [3.05, 3.63) is 86.0 Å². The summed E-state index contributed by atoms with van der Waals surface area (Å²) in [6.45, 7) is 5.88. The maximum Gasteiger partial charge on any atom is 0.335 e. The van der Waals surface area contributed by atoms with Gasteiger partial charge in [-0.25, -0.2) is 14.1 Å². The topological polar surface area (TPSA) is 71.4 Å². The number of aryl methyl sites for hydroxylation is 2. The Morgan fingerprint density at radius 2 is 1.59 bits per heavy atom. The minimum atomic E-state index is -0.872. The zero-order valence-corrected chi connectivity index (χ0v) is 19.7. The van der Waals surface area contributed by atoms with Gasteiger partial charge in [-0.2, -0.15) is 0 Å². The molecule has 6 nitrogen and oxygen atoms in total. The third kappa shape index (κ3) is 3.86. The summed E-state index contributed by atoms with van der Waals surface area (Å²) in [5.74, 6) is -2.03. The summed E-state index contributed by atoms with van der Waals surface area (Å²) in [5, 5.41) is 2.19. The number of rotatable bonds is 3. The third-order valence-electron chi connectivity index (χ3n) is 5.36. The van der Waals surface area contributed by atoms with Crippen molar-refractivity contribution in [2.24, 2.45) is 0 Å². The number of hydrogen-bond donors (Lipinski definition) is 1. The molecular weight excluding hydrogens is 524 g/mol. The predicted molar refractivity (Wildman–Crippen MR) is 128 cm³/mol. The zero-order valence-electron chi connectivity index (χ0n) is 17.6. The molecule has 3 aromatic rings. The third-order valence-corrected chi connectivity index (χ3v) is 6.57. The quantitative estimate of drug-likeness (QED) is 0.293. The lowest BCUT2D eigenvalue weighted by Crippen LogP contribution is -2.54. The first-order chi connectivity index (χ1) is 15.2. The number of nitrogens with zero attached hydrogens (tertiary/aromatic N) is 2. The van der Waals surface area contributed by atoms with Gasteiger partial charge in [-0.15, -0.1) is 0 Å². The molecule has 1 aliphatic rings. The van der Waals surface area contributed by atoms with Gasteiger partial charge in [0.05, 0.1) is 5.69 Å². The number of urea groups is 1. The molecule has 1 aliphatic heterocycles. The van der Waals surface area contributed by atoms with Crippen molar-refractivity contribution in [3.63, 3.8) is 0 Å². The predicted octanol–water partition coefficient (Wildman–Crippen LogP) is 4.81. The first-order valence-electron chi connectivity index (χ1n) is 9.80. The van der Waals surface area contributed by atoms with Crippen LogP contribution in [0.4, 0.5) is 14.9 Å². The molecule has 1 fully saturated rings. The second kappa shape index (κ2) is 8.34. The van der Waals surface area contributed by atoms with Crippen LogP contribution >= 0.6 is 22.6 Å². The van der Waals surface area contributed by atoms with Crippen LogP contribution in [0.15, 0.2) is 54.1 Å². The van der Waals surface area contributed by atoms with E-state index in [1.807, 2.05) is 43.5 Å². The van der Waals surface area contributed by atoms with Gasteiger partial charge in [0, 0.05) is 20.6 Å². The van der Waals surface area contributed by atoms with E-state index in [1.54, 1.807) is 0 Å². The molecule has 8 heteroatoms. The monoisotopic (exact) mass is 543 g/mol. The van der Waals surface area contributed by atoms with E-state index in [4.69, 9.17) is 0 Å². The second-order valence-corrected chi connectivity index (χ2v) is 8.69. The van der Waals surface area contributed by atoms with Crippen molar-refractivity contribution in [2.45, 2.75) is 20.8 Å². The highest BCUT2D eigenvalue weighted by atomic mass is 127. The van der Waals surface area contributed by atoms with Crippen molar-refractivity contribution >= 4 is 52.2 Å². The summed E-state index contributed by atoms with van der Waals surface area (Å²) in [5.41, 5.74) is 4.59. The molecule has 1 saturated heterocycles.